The van der Waals surface area contributed by atoms with Crippen molar-refractivity contribution in [2.45, 2.75) is 27.7 Å². The third-order valence-corrected chi connectivity index (χ3v) is 2.01. The Hall–Kier alpha value is -1.50. The van der Waals surface area contributed by atoms with Crippen LogP contribution in [0.1, 0.15) is 27.7 Å². The minimum atomic E-state index is 0.908. The molecule has 1 heterocycles. The molecular formula is C15H23N. The van der Waals surface area contributed by atoms with Crippen molar-refractivity contribution in [2.24, 2.45) is 0 Å². The van der Waals surface area contributed by atoms with E-state index in [9.17, 15) is 0 Å². The zero-order chi connectivity index (χ0) is 12.6. The van der Waals surface area contributed by atoms with Gasteiger partial charge in [-0.2, -0.15) is 0 Å². The molecule has 0 aromatic carbocycles. The summed E-state index contributed by atoms with van der Waals surface area (Å²) in [5.41, 5.74) is 4.46. The van der Waals surface area contributed by atoms with Crippen LogP contribution in [0.5, 0.6) is 0 Å². The van der Waals surface area contributed by atoms with E-state index in [1.165, 1.54) is 5.57 Å². The molecule has 1 rings (SSSR count). The van der Waals surface area contributed by atoms with Gasteiger partial charge in [0.1, 0.15) is 0 Å². The quantitative estimate of drug-likeness (QED) is 0.701. The number of hydrogen-bond donors (Lipinski definition) is 1. The number of nitrogens with one attached hydrogen (secondary N) is 1. The fourth-order valence-corrected chi connectivity index (χ4v) is 1.13. The summed E-state index contributed by atoms with van der Waals surface area (Å²) >= 11 is 0. The van der Waals surface area contributed by atoms with Crippen LogP contribution in [-0.4, -0.2) is 6.54 Å². The summed E-state index contributed by atoms with van der Waals surface area (Å²) in [7, 11) is 0. The van der Waals surface area contributed by atoms with E-state index in [4.69, 9.17) is 0 Å². The smallest absolute Gasteiger partial charge is 0.0410 e. The Morgan fingerprint density at radius 1 is 1.25 bits per heavy atom. The van der Waals surface area contributed by atoms with E-state index in [-0.39, 0.29) is 0 Å². The first-order valence-corrected chi connectivity index (χ1v) is 5.74. The Balaban J connectivity index is 0.00000106. The monoisotopic (exact) mass is 217 g/mol. The fraction of sp³-hybridized carbons (Fsp3) is 0.333. The van der Waals surface area contributed by atoms with Gasteiger partial charge in [0.2, 0.25) is 0 Å². The van der Waals surface area contributed by atoms with Gasteiger partial charge in [0.15, 0.2) is 0 Å². The number of hydrogen-bond acceptors (Lipinski definition) is 1. The van der Waals surface area contributed by atoms with Crippen molar-refractivity contribution in [3.8, 4) is 0 Å². The Labute approximate surface area is 100.0 Å². The molecule has 0 saturated carbocycles. The minimum Gasteiger partial charge on any atom is -0.381 e. The van der Waals surface area contributed by atoms with Gasteiger partial charge < -0.3 is 5.32 Å². The summed E-state index contributed by atoms with van der Waals surface area (Å²) in [4.78, 5) is 0. The molecule has 0 unspecified atom stereocenters. The zero-order valence-electron chi connectivity index (χ0n) is 10.9. The van der Waals surface area contributed by atoms with Crippen molar-refractivity contribution in [3.05, 3.63) is 59.9 Å². The largest absolute Gasteiger partial charge is 0.381 e. The van der Waals surface area contributed by atoms with Crippen LogP contribution in [0.4, 0.5) is 0 Å². The SMILES string of the molecule is C=C(C)/C=C\C(=C)C1=CC=C(C)CN1.CC. The van der Waals surface area contributed by atoms with Crippen LogP contribution in [0.2, 0.25) is 0 Å². The highest BCUT2D eigenvalue weighted by Crippen LogP contribution is 2.12. The predicted octanol–water partition coefficient (Wildman–Crippen LogP) is 4.13. The van der Waals surface area contributed by atoms with Crippen molar-refractivity contribution in [2.75, 3.05) is 6.54 Å². The van der Waals surface area contributed by atoms with Gasteiger partial charge in [0.05, 0.1) is 0 Å². The van der Waals surface area contributed by atoms with Crippen molar-refractivity contribution in [1.82, 2.24) is 5.32 Å². The van der Waals surface area contributed by atoms with E-state index in [2.05, 4.69) is 37.6 Å². The maximum Gasteiger partial charge on any atom is 0.0410 e. The maximum atomic E-state index is 3.99. The predicted molar refractivity (Wildman–Crippen MR) is 74.3 cm³/mol. The zero-order valence-corrected chi connectivity index (χ0v) is 10.9. The van der Waals surface area contributed by atoms with Gasteiger partial charge in [-0.15, -0.1) is 0 Å². The summed E-state index contributed by atoms with van der Waals surface area (Å²) in [6, 6.07) is 0. The topological polar surface area (TPSA) is 12.0 Å². The van der Waals surface area contributed by atoms with Gasteiger partial charge in [-0.25, -0.2) is 0 Å². The van der Waals surface area contributed by atoms with Gasteiger partial charge in [0.25, 0.3) is 0 Å². The fourth-order valence-electron chi connectivity index (χ4n) is 1.13. The summed E-state index contributed by atoms with van der Waals surface area (Å²) in [5, 5.41) is 3.30. The Bertz CT molecular complexity index is 340. The Morgan fingerprint density at radius 2 is 1.88 bits per heavy atom. The first-order valence-electron chi connectivity index (χ1n) is 5.74. The molecule has 0 saturated heterocycles. The summed E-state index contributed by atoms with van der Waals surface area (Å²) in [6.45, 7) is 16.8. The minimum absolute atomic E-state index is 0.908. The van der Waals surface area contributed by atoms with E-state index < -0.39 is 0 Å². The Morgan fingerprint density at radius 3 is 2.31 bits per heavy atom. The molecule has 1 heteroatoms. The highest BCUT2D eigenvalue weighted by molar-refractivity contribution is 5.42. The molecular weight excluding hydrogens is 194 g/mol. The second-order valence-electron chi connectivity index (χ2n) is 3.65. The third-order valence-electron chi connectivity index (χ3n) is 2.01. The average molecular weight is 217 g/mol. The van der Waals surface area contributed by atoms with E-state index in [0.29, 0.717) is 0 Å². The van der Waals surface area contributed by atoms with Crippen molar-refractivity contribution in [3.63, 3.8) is 0 Å². The second kappa shape index (κ2) is 7.75. The lowest BCUT2D eigenvalue weighted by Crippen LogP contribution is -2.19. The van der Waals surface area contributed by atoms with E-state index in [1.807, 2.05) is 32.9 Å². The molecule has 0 spiro atoms. The molecule has 0 aromatic heterocycles. The van der Waals surface area contributed by atoms with E-state index in [0.717, 1.165) is 23.4 Å². The second-order valence-corrected chi connectivity index (χ2v) is 3.65. The number of dihydropyridines is 1. The van der Waals surface area contributed by atoms with E-state index in [1.54, 1.807) is 0 Å². The molecule has 16 heavy (non-hydrogen) atoms. The van der Waals surface area contributed by atoms with Crippen molar-refractivity contribution >= 4 is 0 Å². The third kappa shape index (κ3) is 5.40. The molecule has 0 fully saturated rings. The van der Waals surface area contributed by atoms with Crippen molar-refractivity contribution in [1.29, 1.82) is 0 Å². The van der Waals surface area contributed by atoms with Crippen LogP contribution < -0.4 is 5.32 Å². The highest BCUT2D eigenvalue weighted by atomic mass is 14.9. The first kappa shape index (κ1) is 14.5. The highest BCUT2D eigenvalue weighted by Gasteiger charge is 2.02. The molecule has 88 valence electrons. The molecule has 0 atom stereocenters. The van der Waals surface area contributed by atoms with Gasteiger partial charge >= 0.3 is 0 Å². The molecule has 1 aliphatic rings. The number of rotatable bonds is 3. The van der Waals surface area contributed by atoms with Gasteiger partial charge in [0, 0.05) is 12.2 Å². The lowest BCUT2D eigenvalue weighted by molar-refractivity contribution is 0.869. The lowest BCUT2D eigenvalue weighted by atomic mass is 10.1. The molecule has 0 radical (unpaired) electrons. The Kier molecular flexibility index (Phi) is 7.02. The molecule has 1 N–H and O–H groups in total. The maximum absolute atomic E-state index is 3.99. The van der Waals surface area contributed by atoms with Gasteiger partial charge in [-0.3, -0.25) is 0 Å². The summed E-state index contributed by atoms with van der Waals surface area (Å²) in [5.74, 6) is 0. The molecule has 0 aromatic rings. The summed E-state index contributed by atoms with van der Waals surface area (Å²) < 4.78 is 0. The molecule has 1 nitrogen and oxygen atoms in total. The van der Waals surface area contributed by atoms with Gasteiger partial charge in [-0.05, 0) is 25.5 Å². The van der Waals surface area contributed by atoms with Crippen LogP contribution in [0.15, 0.2) is 59.9 Å². The van der Waals surface area contributed by atoms with Crippen LogP contribution in [0.3, 0.4) is 0 Å². The molecule has 0 amide bonds. The van der Waals surface area contributed by atoms with Crippen LogP contribution in [0.25, 0.3) is 0 Å². The first-order chi connectivity index (χ1) is 7.59. The standard InChI is InChI=1S/C13H17N.C2H6/c1-10(2)5-7-12(4)13-8-6-11(3)9-14-13;1-2/h5-8,14H,1,4,9H2,2-3H3;1-2H3/b7-5-;. The van der Waals surface area contributed by atoms with E-state index >= 15 is 0 Å². The number of allylic oxidation sites excluding steroid dienone is 5. The molecule has 0 bridgehead atoms. The van der Waals surface area contributed by atoms with Crippen molar-refractivity contribution < 1.29 is 0 Å². The van der Waals surface area contributed by atoms with Crippen LogP contribution >= 0.6 is 0 Å². The lowest BCUT2D eigenvalue weighted by Gasteiger charge is -2.15. The molecule has 0 aliphatic carbocycles. The van der Waals surface area contributed by atoms with Crippen LogP contribution in [0, 0.1) is 0 Å². The normalized spacial score (nSPS) is 14.2. The molecule has 1 aliphatic heterocycles. The van der Waals surface area contributed by atoms with Crippen LogP contribution in [-0.2, 0) is 0 Å². The van der Waals surface area contributed by atoms with Gasteiger partial charge in [-0.1, -0.05) is 56.4 Å². The summed E-state index contributed by atoms with van der Waals surface area (Å²) in [6.07, 6.45) is 8.13. The average Bonchev–Trinajstić information content (AvgIpc) is 2.29.